The Bertz CT molecular complexity index is 2190. The monoisotopic (exact) mass is 926 g/mol. The van der Waals surface area contributed by atoms with Gasteiger partial charge in [-0.3, -0.25) is 4.70 Å². The molecule has 0 radical (unpaired) electrons. The summed E-state index contributed by atoms with van der Waals surface area (Å²) >= 11 is 0. The highest BCUT2D eigenvalue weighted by molar-refractivity contribution is 7.97. The van der Waals surface area contributed by atoms with Crippen LogP contribution in [0.1, 0.15) is 67.7 Å². The normalized spacial score (nSPS) is 13.7. The molecule has 6 aromatic rings. The van der Waals surface area contributed by atoms with Gasteiger partial charge in [0.2, 0.25) is 5.82 Å². The van der Waals surface area contributed by atoms with E-state index in [9.17, 15) is 22.0 Å². The predicted molar refractivity (Wildman–Crippen MR) is 258 cm³/mol. The van der Waals surface area contributed by atoms with Crippen LogP contribution in [0.25, 0.3) is 21.5 Å². The number of rotatable bonds is 14. The van der Waals surface area contributed by atoms with Crippen LogP contribution in [0.15, 0.2) is 113 Å². The number of hydrogen-bond donors (Lipinski definition) is 0. The summed E-state index contributed by atoms with van der Waals surface area (Å²) in [6.45, 7) is 8.84. The zero-order valence-electron chi connectivity index (χ0n) is 37.7. The van der Waals surface area contributed by atoms with Gasteiger partial charge < -0.3 is 14.2 Å². The molecule has 346 valence electrons. The lowest BCUT2D eigenvalue weighted by Crippen LogP contribution is -2.06. The van der Waals surface area contributed by atoms with Gasteiger partial charge in [-0.1, -0.05) is 84.4 Å². The van der Waals surface area contributed by atoms with E-state index >= 15 is 0 Å². The highest BCUT2D eigenvalue weighted by atomic mass is 32.2. The summed E-state index contributed by atoms with van der Waals surface area (Å²) in [5.41, 5.74) is 3.40. The topological polar surface area (TPSA) is 27.7 Å². The summed E-state index contributed by atoms with van der Waals surface area (Å²) in [7, 11) is 2.68. The van der Waals surface area contributed by atoms with Crippen LogP contribution >= 0.6 is 0 Å². The predicted octanol–water partition coefficient (Wildman–Crippen LogP) is 13.6. The molecule has 0 aromatic heterocycles. The van der Waals surface area contributed by atoms with Gasteiger partial charge in [0.15, 0.2) is 33.1 Å². The van der Waals surface area contributed by atoms with Gasteiger partial charge in [0.1, 0.15) is 23.0 Å². The minimum absolute atomic E-state index is 0. The average molecular weight is 927 g/mol. The molecule has 11 heteroatoms. The van der Waals surface area contributed by atoms with Crippen LogP contribution in [-0.4, -0.2) is 63.2 Å². The minimum atomic E-state index is -2.13. The second-order valence-corrected chi connectivity index (χ2v) is 20.1. The quantitative estimate of drug-likeness (QED) is 0.0358. The summed E-state index contributed by atoms with van der Waals surface area (Å²) in [5.74, 6) is -3.96. The van der Waals surface area contributed by atoms with E-state index in [0.29, 0.717) is 35.0 Å². The summed E-state index contributed by atoms with van der Waals surface area (Å²) in [6, 6.07) is 37.7. The number of hydrogen-bond acceptors (Lipinski definition) is 3. The van der Waals surface area contributed by atoms with E-state index in [4.69, 9.17) is 14.2 Å². The van der Waals surface area contributed by atoms with Crippen molar-refractivity contribution in [3.8, 4) is 0 Å². The summed E-state index contributed by atoms with van der Waals surface area (Å²) in [5, 5.41) is 5.89. The molecular formula is C53H64F6O3S2+2. The summed E-state index contributed by atoms with van der Waals surface area (Å²) in [6.07, 6.45) is 10.0. The number of methoxy groups -OCH3 is 1. The Morgan fingerprint density at radius 3 is 1.28 bits per heavy atom. The summed E-state index contributed by atoms with van der Waals surface area (Å²) in [4.78, 5) is 3.20. The molecule has 0 amide bonds. The molecule has 2 fully saturated rings. The van der Waals surface area contributed by atoms with Crippen molar-refractivity contribution in [2.45, 2.75) is 81.9 Å². The lowest BCUT2D eigenvalue weighted by atomic mass is 10.0. The van der Waals surface area contributed by atoms with Crippen LogP contribution in [0.3, 0.4) is 0 Å². The van der Waals surface area contributed by atoms with Crippen LogP contribution in [0.4, 0.5) is 26.7 Å². The number of halogens is 6. The van der Waals surface area contributed by atoms with Gasteiger partial charge in [0.05, 0.1) is 13.2 Å². The largest absolute Gasteiger partial charge is 0.382 e. The average Bonchev–Trinajstić information content (AvgIpc) is 4.07. The standard InChI is InChI=1S/C20H27O2S.C19H25OS.C7H3F5.C7H8.FH/c1-21-13-14-22-12-6-7-17-10-11-20(23-15-4-5-16-23)19-9-3-2-8-18(17)19;1-2-20-13-7-8-16-11-12-19(21-14-5-6-15-21)18-10-4-3-9-17(16)18;1-2-3(8)5(10)7(12)6(11)4(2)9;1-7-5-3-2-4-6-7;/h2-3,8-11H,4-7,12-16H2,1H3;3-4,9-12H,2,5-8,13-15H2,1H3;1H3;2-6H,1H3;1H/q2*+1;;;. The van der Waals surface area contributed by atoms with E-state index in [1.807, 2.05) is 18.2 Å². The molecule has 0 bridgehead atoms. The van der Waals surface area contributed by atoms with Crippen LogP contribution in [0.5, 0.6) is 0 Å². The lowest BCUT2D eigenvalue weighted by molar-refractivity contribution is 0.0696. The Hall–Kier alpha value is -4.00. The van der Waals surface area contributed by atoms with Crippen LogP contribution in [0, 0.1) is 42.9 Å². The Balaban J connectivity index is 0.000000201. The first-order valence-corrected chi connectivity index (χ1v) is 25.3. The van der Waals surface area contributed by atoms with E-state index in [0.717, 1.165) is 52.4 Å². The molecule has 0 unspecified atom stereocenters. The molecule has 0 spiro atoms. The third kappa shape index (κ3) is 15.0. The molecular weight excluding hydrogens is 863 g/mol. The van der Waals surface area contributed by atoms with Gasteiger partial charge in [-0.2, -0.15) is 0 Å². The highest BCUT2D eigenvalue weighted by Crippen LogP contribution is 2.33. The van der Waals surface area contributed by atoms with E-state index < -0.39 is 34.6 Å². The third-order valence-electron chi connectivity index (χ3n) is 11.1. The van der Waals surface area contributed by atoms with Gasteiger partial charge in [-0.25, -0.2) is 22.0 Å². The maximum atomic E-state index is 12.4. The fraction of sp³-hybridized carbons (Fsp3) is 0.396. The lowest BCUT2D eigenvalue weighted by Gasteiger charge is -2.10. The minimum Gasteiger partial charge on any atom is -0.382 e. The Kier molecular flexibility index (Phi) is 23.1. The second-order valence-electron chi connectivity index (χ2n) is 15.6. The van der Waals surface area contributed by atoms with E-state index in [2.05, 4.69) is 98.8 Å². The summed E-state index contributed by atoms with van der Waals surface area (Å²) < 4.78 is 77.6. The van der Waals surface area contributed by atoms with Gasteiger partial charge in [0, 0.05) is 65.1 Å². The van der Waals surface area contributed by atoms with Crippen molar-refractivity contribution in [1.29, 1.82) is 0 Å². The smallest absolute Gasteiger partial charge is 0.200 e. The van der Waals surface area contributed by atoms with Crippen molar-refractivity contribution in [3.05, 3.63) is 154 Å². The van der Waals surface area contributed by atoms with Crippen molar-refractivity contribution in [3.63, 3.8) is 0 Å². The van der Waals surface area contributed by atoms with Crippen molar-refractivity contribution < 1.29 is 40.9 Å². The Morgan fingerprint density at radius 1 is 0.469 bits per heavy atom. The molecule has 2 aliphatic rings. The Morgan fingerprint density at radius 2 is 0.875 bits per heavy atom. The molecule has 8 rings (SSSR count). The maximum absolute atomic E-state index is 12.4. The zero-order chi connectivity index (χ0) is 45.0. The van der Waals surface area contributed by atoms with Crippen molar-refractivity contribution in [2.75, 3.05) is 63.2 Å². The van der Waals surface area contributed by atoms with Gasteiger partial charge in [-0.15, -0.1) is 0 Å². The van der Waals surface area contributed by atoms with Crippen molar-refractivity contribution >= 4 is 43.3 Å². The number of fused-ring (bicyclic) bond motifs is 2. The fourth-order valence-corrected chi connectivity index (χ4v) is 12.7. The van der Waals surface area contributed by atoms with Crippen LogP contribution in [-0.2, 0) is 48.8 Å². The first kappa shape index (κ1) is 52.6. The van der Waals surface area contributed by atoms with E-state index in [1.54, 1.807) is 16.9 Å². The van der Waals surface area contributed by atoms with E-state index in [1.165, 1.54) is 86.9 Å². The molecule has 6 aromatic carbocycles. The molecule has 2 saturated heterocycles. The number of ether oxygens (including phenoxy) is 3. The molecule has 0 aliphatic carbocycles. The molecule has 2 aliphatic heterocycles. The maximum Gasteiger partial charge on any atom is 0.200 e. The highest BCUT2D eigenvalue weighted by Gasteiger charge is 2.30. The first-order chi connectivity index (χ1) is 30.7. The number of aryl methyl sites for hydroxylation is 3. The van der Waals surface area contributed by atoms with Gasteiger partial charge in [0.25, 0.3) is 0 Å². The molecule has 0 N–H and O–H groups in total. The SMILES string of the molecule is CCOCCCc1ccc([S+]2CCCC2)c2ccccc12.COCCOCCCc1ccc([S+]2CCCC2)c2ccccc12.Cc1c(F)c(F)c(F)c(F)c1F.Cc1ccccc1.F. The molecule has 3 nitrogen and oxygen atoms in total. The Labute approximate surface area is 382 Å². The zero-order valence-corrected chi connectivity index (χ0v) is 39.3. The van der Waals surface area contributed by atoms with Crippen LogP contribution in [0.2, 0.25) is 0 Å². The van der Waals surface area contributed by atoms with Crippen molar-refractivity contribution in [2.24, 2.45) is 0 Å². The molecule has 0 saturated carbocycles. The number of benzene rings is 6. The van der Waals surface area contributed by atoms with Crippen molar-refractivity contribution in [1.82, 2.24) is 0 Å². The van der Waals surface area contributed by atoms with Crippen LogP contribution < -0.4 is 0 Å². The van der Waals surface area contributed by atoms with Gasteiger partial charge in [-0.05, 0) is 118 Å². The first-order valence-electron chi connectivity index (χ1n) is 22.2. The fourth-order valence-electron chi connectivity index (χ4n) is 7.72. The molecule has 64 heavy (non-hydrogen) atoms. The molecule has 0 atom stereocenters. The van der Waals surface area contributed by atoms with Gasteiger partial charge >= 0.3 is 0 Å². The molecule has 2 heterocycles. The second kappa shape index (κ2) is 28.1. The third-order valence-corrected chi connectivity index (χ3v) is 16.2. The van der Waals surface area contributed by atoms with E-state index in [-0.39, 0.29) is 4.70 Å².